The monoisotopic (exact) mass is 467 g/mol. The second-order valence-corrected chi connectivity index (χ2v) is 8.12. The van der Waals surface area contributed by atoms with Gasteiger partial charge in [-0.25, -0.2) is 9.79 Å². The number of aliphatic hydroxyl groups excluding tert-OH is 1. The molecule has 0 saturated carbocycles. The first-order valence-corrected chi connectivity index (χ1v) is 10.9. The highest BCUT2D eigenvalue weighted by atomic mass is 32.2. The van der Waals surface area contributed by atoms with Crippen LogP contribution in [0.2, 0.25) is 0 Å². The molecule has 0 spiro atoms. The van der Waals surface area contributed by atoms with Crippen LogP contribution in [0.5, 0.6) is 17.2 Å². The van der Waals surface area contributed by atoms with Crippen molar-refractivity contribution in [2.24, 2.45) is 4.99 Å². The highest BCUT2D eigenvalue weighted by Gasteiger charge is 2.34. The zero-order valence-corrected chi connectivity index (χ0v) is 19.0. The van der Waals surface area contributed by atoms with Crippen molar-refractivity contribution >= 4 is 34.8 Å². The number of hydrogen-bond donors (Lipinski definition) is 1. The van der Waals surface area contributed by atoms with Gasteiger partial charge in [-0.15, -0.1) is 0 Å². The summed E-state index contributed by atoms with van der Waals surface area (Å²) >= 11 is 0.992. The molecule has 2 heterocycles. The summed E-state index contributed by atoms with van der Waals surface area (Å²) in [4.78, 5) is 29.7. The predicted molar refractivity (Wildman–Crippen MR) is 124 cm³/mol. The van der Waals surface area contributed by atoms with Gasteiger partial charge in [0.05, 0.1) is 18.6 Å². The van der Waals surface area contributed by atoms with Crippen LogP contribution < -0.4 is 14.2 Å². The number of aliphatic hydroxyl groups is 1. The third kappa shape index (κ3) is 4.58. The second-order valence-electron chi connectivity index (χ2n) is 7.09. The molecule has 33 heavy (non-hydrogen) atoms. The van der Waals surface area contributed by atoms with Gasteiger partial charge in [0.2, 0.25) is 6.79 Å². The summed E-state index contributed by atoms with van der Waals surface area (Å²) in [6.07, 6.45) is 1.62. The Morgan fingerprint density at radius 1 is 1.18 bits per heavy atom. The van der Waals surface area contributed by atoms with E-state index < -0.39 is 11.9 Å². The Hall–Kier alpha value is -3.72. The molecule has 2 aliphatic rings. The summed E-state index contributed by atoms with van der Waals surface area (Å²) in [5, 5.41) is 10.9. The molecular formula is C24H21NO7S. The van der Waals surface area contributed by atoms with Crippen LogP contribution in [0, 0.1) is 6.92 Å². The minimum absolute atomic E-state index is 0.0579. The topological polar surface area (TPSA) is 104 Å². The van der Waals surface area contributed by atoms with Gasteiger partial charge in [0, 0.05) is 17.2 Å². The van der Waals surface area contributed by atoms with Crippen LogP contribution in [0.1, 0.15) is 28.4 Å². The van der Waals surface area contributed by atoms with Gasteiger partial charge in [-0.3, -0.25) is 4.79 Å². The molecule has 0 saturated heterocycles. The Bertz CT molecular complexity index is 1210. The van der Waals surface area contributed by atoms with Crippen LogP contribution in [-0.4, -0.2) is 42.5 Å². The molecule has 0 unspecified atom stereocenters. The lowest BCUT2D eigenvalue weighted by Crippen LogP contribution is -2.14. The summed E-state index contributed by atoms with van der Waals surface area (Å²) in [5.74, 6) is -0.0604. The van der Waals surface area contributed by atoms with Crippen LogP contribution in [0.4, 0.5) is 0 Å². The molecule has 0 atom stereocenters. The van der Waals surface area contributed by atoms with Crippen LogP contribution in [-0.2, 0) is 9.53 Å². The maximum absolute atomic E-state index is 12.7. The number of thioether (sulfide) groups is 1. The van der Waals surface area contributed by atoms with Gasteiger partial charge in [0.1, 0.15) is 22.1 Å². The van der Waals surface area contributed by atoms with Crippen molar-refractivity contribution in [3.05, 3.63) is 69.3 Å². The standard InChI is InChI=1S/C24H21NO7S/c1-4-30-24(28)20-21(26)19(10-15-9-17-18(32-12-31-17)11-16(15)29-3)33-23(20)25-22(27)14-7-5-13(2)6-8-14/h5-11,26H,4,12H2,1-3H3/b19-10+,25-23?. The Labute approximate surface area is 194 Å². The minimum Gasteiger partial charge on any atom is -0.506 e. The number of nitrogens with zero attached hydrogens (tertiary/aromatic N) is 1. The first-order valence-electron chi connectivity index (χ1n) is 10.1. The van der Waals surface area contributed by atoms with E-state index in [-0.39, 0.29) is 29.8 Å². The summed E-state index contributed by atoms with van der Waals surface area (Å²) in [6.45, 7) is 3.77. The molecular weight excluding hydrogens is 446 g/mol. The number of aliphatic imine (C=N–C) groups is 1. The maximum Gasteiger partial charge on any atom is 0.344 e. The lowest BCUT2D eigenvalue weighted by Gasteiger charge is -2.07. The van der Waals surface area contributed by atoms with E-state index in [2.05, 4.69) is 4.99 Å². The zero-order valence-electron chi connectivity index (χ0n) is 18.2. The van der Waals surface area contributed by atoms with Crippen molar-refractivity contribution in [1.29, 1.82) is 0 Å². The van der Waals surface area contributed by atoms with Crippen molar-refractivity contribution in [2.75, 3.05) is 20.5 Å². The number of rotatable bonds is 5. The normalized spacial score (nSPS) is 17.1. The van der Waals surface area contributed by atoms with E-state index in [1.807, 2.05) is 6.92 Å². The van der Waals surface area contributed by atoms with Crippen molar-refractivity contribution in [3.63, 3.8) is 0 Å². The first kappa shape index (κ1) is 22.5. The molecule has 2 aromatic rings. The number of ether oxygens (including phenoxy) is 4. The van der Waals surface area contributed by atoms with Crippen molar-refractivity contribution in [3.8, 4) is 17.2 Å². The van der Waals surface area contributed by atoms with Crippen LogP contribution in [0.3, 0.4) is 0 Å². The van der Waals surface area contributed by atoms with E-state index in [9.17, 15) is 14.7 Å². The molecule has 4 rings (SSSR count). The summed E-state index contributed by atoms with van der Waals surface area (Å²) < 4.78 is 21.3. The zero-order chi connectivity index (χ0) is 23.5. The third-order valence-corrected chi connectivity index (χ3v) is 5.90. The van der Waals surface area contributed by atoms with Gasteiger partial charge in [0.15, 0.2) is 11.5 Å². The Balaban J connectivity index is 1.74. The highest BCUT2D eigenvalue weighted by molar-refractivity contribution is 8.18. The van der Waals surface area contributed by atoms with Gasteiger partial charge in [-0.1, -0.05) is 29.5 Å². The molecule has 8 nitrogen and oxygen atoms in total. The number of amides is 1. The number of carbonyl (C=O) groups is 2. The van der Waals surface area contributed by atoms with Gasteiger partial charge in [-0.2, -0.15) is 0 Å². The van der Waals surface area contributed by atoms with E-state index >= 15 is 0 Å². The number of benzene rings is 2. The Morgan fingerprint density at radius 2 is 1.88 bits per heavy atom. The summed E-state index contributed by atoms with van der Waals surface area (Å²) in [6, 6.07) is 10.3. The molecule has 170 valence electrons. The van der Waals surface area contributed by atoms with Crippen LogP contribution >= 0.6 is 11.8 Å². The molecule has 0 aliphatic carbocycles. The van der Waals surface area contributed by atoms with Crippen molar-refractivity contribution in [1.82, 2.24) is 0 Å². The number of carbonyl (C=O) groups excluding carboxylic acids is 2. The average Bonchev–Trinajstić information content (AvgIpc) is 3.37. The quantitative estimate of drug-likeness (QED) is 0.644. The van der Waals surface area contributed by atoms with Gasteiger partial charge < -0.3 is 24.1 Å². The lowest BCUT2D eigenvalue weighted by molar-refractivity contribution is -0.138. The molecule has 9 heteroatoms. The van der Waals surface area contributed by atoms with Crippen molar-refractivity contribution in [2.45, 2.75) is 13.8 Å². The second kappa shape index (κ2) is 9.41. The number of fused-ring (bicyclic) bond motifs is 1. The molecule has 0 aromatic heterocycles. The molecule has 2 aromatic carbocycles. The fourth-order valence-corrected chi connectivity index (χ4v) is 4.22. The molecule has 2 aliphatic heterocycles. The largest absolute Gasteiger partial charge is 0.506 e. The Kier molecular flexibility index (Phi) is 6.41. The van der Waals surface area contributed by atoms with E-state index in [1.165, 1.54) is 7.11 Å². The fraction of sp³-hybridized carbons (Fsp3) is 0.208. The summed E-state index contributed by atoms with van der Waals surface area (Å²) in [7, 11) is 1.51. The van der Waals surface area contributed by atoms with E-state index in [4.69, 9.17) is 18.9 Å². The van der Waals surface area contributed by atoms with E-state index in [1.54, 1.807) is 49.4 Å². The van der Waals surface area contributed by atoms with Gasteiger partial charge >= 0.3 is 5.97 Å². The van der Waals surface area contributed by atoms with E-state index in [0.29, 0.717) is 33.3 Å². The highest BCUT2D eigenvalue weighted by Crippen LogP contribution is 2.43. The molecule has 0 bridgehead atoms. The van der Waals surface area contributed by atoms with Crippen LogP contribution in [0.25, 0.3) is 6.08 Å². The van der Waals surface area contributed by atoms with Gasteiger partial charge in [-0.05, 0) is 38.1 Å². The van der Waals surface area contributed by atoms with E-state index in [0.717, 1.165) is 17.3 Å². The fourth-order valence-electron chi connectivity index (χ4n) is 3.21. The molecule has 1 amide bonds. The van der Waals surface area contributed by atoms with Gasteiger partial charge in [0.25, 0.3) is 5.91 Å². The molecule has 1 N–H and O–H groups in total. The lowest BCUT2D eigenvalue weighted by atomic mass is 10.1. The maximum atomic E-state index is 12.7. The average molecular weight is 467 g/mol. The number of esters is 1. The third-order valence-electron chi connectivity index (χ3n) is 4.88. The smallest absolute Gasteiger partial charge is 0.344 e. The predicted octanol–water partition coefficient (Wildman–Crippen LogP) is 4.43. The first-order chi connectivity index (χ1) is 15.9. The summed E-state index contributed by atoms with van der Waals surface area (Å²) in [5.41, 5.74) is 1.80. The number of methoxy groups -OCH3 is 1. The molecule has 0 radical (unpaired) electrons. The minimum atomic E-state index is -0.765. The SMILES string of the molecule is CCOC(=O)C1=C(O)/C(=C\c2cc3c(cc2OC)OCO3)SC1=NC(=O)c1ccc(C)cc1. The Morgan fingerprint density at radius 3 is 2.55 bits per heavy atom. The van der Waals surface area contributed by atoms with Crippen molar-refractivity contribution < 1.29 is 33.6 Å². The van der Waals surface area contributed by atoms with Crippen LogP contribution in [0.15, 0.2) is 57.6 Å². The number of hydrogen-bond acceptors (Lipinski definition) is 8. The number of aryl methyl sites for hydroxylation is 1. The molecule has 0 fully saturated rings.